The molecule has 3 N–H and O–H groups in total. The molecule has 1 fully saturated rings. The molecule has 1 unspecified atom stereocenters. The molecule has 0 saturated carbocycles. The van der Waals surface area contributed by atoms with Gasteiger partial charge < -0.3 is 10.7 Å². The van der Waals surface area contributed by atoms with Crippen LogP contribution in [-0.2, 0) is 13.0 Å². The Bertz CT molecular complexity index is 817. The number of nitrogens with zero attached hydrogens (tertiary/aromatic N) is 2. The van der Waals surface area contributed by atoms with Crippen molar-refractivity contribution in [2.45, 2.75) is 32.0 Å². The smallest absolute Gasteiger partial charge is 0.330 e. The van der Waals surface area contributed by atoms with Crippen molar-refractivity contribution in [3.8, 4) is 11.4 Å². The van der Waals surface area contributed by atoms with Crippen molar-refractivity contribution < 1.29 is 13.2 Å². The van der Waals surface area contributed by atoms with Gasteiger partial charge in [-0.3, -0.25) is 9.69 Å². The van der Waals surface area contributed by atoms with Crippen LogP contribution in [0, 0.1) is 5.92 Å². The minimum absolute atomic E-state index is 0.0429. The second-order valence-electron chi connectivity index (χ2n) is 6.94. The summed E-state index contributed by atoms with van der Waals surface area (Å²) >= 11 is 0. The summed E-state index contributed by atoms with van der Waals surface area (Å²) < 4.78 is 38.8. The minimum Gasteiger partial charge on any atom is -0.330 e. The third-order valence-electron chi connectivity index (χ3n) is 4.80. The van der Waals surface area contributed by atoms with Crippen LogP contribution in [0.5, 0.6) is 0 Å². The monoisotopic (exact) mass is 380 g/mol. The molecular formula is C19H23F3N4O. The van der Waals surface area contributed by atoms with Crippen molar-refractivity contribution in [3.05, 3.63) is 51.9 Å². The summed E-state index contributed by atoms with van der Waals surface area (Å²) in [5.41, 5.74) is 7.60. The molecule has 0 spiro atoms. The summed E-state index contributed by atoms with van der Waals surface area (Å²) in [6.07, 6.45) is -2.85. The van der Waals surface area contributed by atoms with E-state index >= 15 is 0 Å². The Morgan fingerprint density at radius 3 is 2.67 bits per heavy atom. The first-order valence-electron chi connectivity index (χ1n) is 9.04. The van der Waals surface area contributed by atoms with Gasteiger partial charge in [0, 0.05) is 36.8 Å². The summed E-state index contributed by atoms with van der Waals surface area (Å²) in [7, 11) is 0. The van der Waals surface area contributed by atoms with Crippen LogP contribution in [-0.4, -0.2) is 40.7 Å². The molecule has 0 amide bonds. The Morgan fingerprint density at radius 1 is 1.26 bits per heavy atom. The maximum absolute atomic E-state index is 12.9. The predicted molar refractivity (Wildman–Crippen MR) is 97.1 cm³/mol. The normalized spacial score (nSPS) is 18.6. The number of piperidine rings is 1. The molecule has 1 aromatic carbocycles. The van der Waals surface area contributed by atoms with Crippen LogP contribution in [0.3, 0.4) is 0 Å². The maximum Gasteiger partial charge on any atom is 0.393 e. The van der Waals surface area contributed by atoms with Gasteiger partial charge in [-0.05, 0) is 31.5 Å². The lowest BCUT2D eigenvalue weighted by molar-refractivity contribution is -0.187. The van der Waals surface area contributed by atoms with E-state index in [0.29, 0.717) is 44.0 Å². The van der Waals surface area contributed by atoms with Crippen molar-refractivity contribution in [2.24, 2.45) is 11.7 Å². The highest BCUT2D eigenvalue weighted by molar-refractivity contribution is 5.55. The van der Waals surface area contributed by atoms with Gasteiger partial charge in [-0.2, -0.15) is 13.2 Å². The molecule has 3 rings (SSSR count). The number of nitrogens with one attached hydrogen (secondary N) is 1. The Morgan fingerprint density at radius 2 is 2.00 bits per heavy atom. The van der Waals surface area contributed by atoms with E-state index in [2.05, 4.69) is 9.97 Å². The highest BCUT2D eigenvalue weighted by atomic mass is 19.4. The summed E-state index contributed by atoms with van der Waals surface area (Å²) in [4.78, 5) is 20.7. The minimum atomic E-state index is -4.13. The van der Waals surface area contributed by atoms with Crippen LogP contribution in [0.15, 0.2) is 35.1 Å². The van der Waals surface area contributed by atoms with Crippen molar-refractivity contribution in [2.75, 3.05) is 19.6 Å². The molecule has 1 aliphatic heterocycles. The van der Waals surface area contributed by atoms with Crippen LogP contribution in [0.2, 0.25) is 0 Å². The number of H-pyrrole nitrogens is 1. The zero-order chi connectivity index (χ0) is 19.4. The molecule has 0 aliphatic carbocycles. The van der Waals surface area contributed by atoms with E-state index < -0.39 is 12.1 Å². The van der Waals surface area contributed by atoms with Crippen LogP contribution in [0.4, 0.5) is 13.2 Å². The molecule has 0 bridgehead atoms. The van der Waals surface area contributed by atoms with E-state index in [1.165, 1.54) is 6.07 Å². The SMILES string of the molecule is NCCc1cc(=O)[nH]c(-c2ccc(CN3CCCC(C(F)(F)F)C3)cc2)n1. The number of hydrogen-bond donors (Lipinski definition) is 2. The number of rotatable bonds is 5. The summed E-state index contributed by atoms with van der Waals surface area (Å²) in [5, 5.41) is 0. The maximum atomic E-state index is 12.9. The Balaban J connectivity index is 1.70. The van der Waals surface area contributed by atoms with Gasteiger partial charge in [0.25, 0.3) is 5.56 Å². The van der Waals surface area contributed by atoms with Gasteiger partial charge in [-0.25, -0.2) is 4.98 Å². The molecule has 1 saturated heterocycles. The molecule has 8 heteroatoms. The fourth-order valence-electron chi connectivity index (χ4n) is 3.41. The fraction of sp³-hybridized carbons (Fsp3) is 0.474. The molecule has 2 aromatic rings. The predicted octanol–water partition coefficient (Wildman–Crippen LogP) is 2.71. The average Bonchev–Trinajstić information content (AvgIpc) is 2.62. The van der Waals surface area contributed by atoms with Crippen molar-refractivity contribution >= 4 is 0 Å². The number of aromatic amines is 1. The Hall–Kier alpha value is -2.19. The lowest BCUT2D eigenvalue weighted by atomic mass is 9.97. The molecule has 2 heterocycles. The van der Waals surface area contributed by atoms with Gasteiger partial charge in [0.1, 0.15) is 5.82 Å². The number of aromatic nitrogens is 2. The largest absolute Gasteiger partial charge is 0.393 e. The quantitative estimate of drug-likeness (QED) is 0.836. The number of nitrogens with two attached hydrogens (primary N) is 1. The third-order valence-corrected chi connectivity index (χ3v) is 4.80. The molecule has 0 radical (unpaired) electrons. The van der Waals surface area contributed by atoms with E-state index in [1.807, 2.05) is 29.2 Å². The topological polar surface area (TPSA) is 75.0 Å². The van der Waals surface area contributed by atoms with Crippen LogP contribution < -0.4 is 11.3 Å². The second-order valence-corrected chi connectivity index (χ2v) is 6.94. The van der Waals surface area contributed by atoms with E-state index in [4.69, 9.17) is 5.73 Å². The van der Waals surface area contributed by atoms with Gasteiger partial charge in [-0.15, -0.1) is 0 Å². The van der Waals surface area contributed by atoms with E-state index in [0.717, 1.165) is 11.1 Å². The highest BCUT2D eigenvalue weighted by Crippen LogP contribution is 2.33. The zero-order valence-electron chi connectivity index (χ0n) is 14.9. The van der Waals surface area contributed by atoms with Gasteiger partial charge in [-0.1, -0.05) is 24.3 Å². The number of halogens is 3. The number of likely N-dealkylation sites (tertiary alicyclic amines) is 1. The first kappa shape index (κ1) is 19.6. The molecule has 27 heavy (non-hydrogen) atoms. The number of alkyl halides is 3. The van der Waals surface area contributed by atoms with Gasteiger partial charge in [0.05, 0.1) is 5.92 Å². The zero-order valence-corrected chi connectivity index (χ0v) is 14.9. The fourth-order valence-corrected chi connectivity index (χ4v) is 3.41. The summed E-state index contributed by atoms with van der Waals surface area (Å²) in [6.45, 7) is 1.60. The van der Waals surface area contributed by atoms with Gasteiger partial charge in [0.15, 0.2) is 0 Å². The van der Waals surface area contributed by atoms with Crippen molar-refractivity contribution in [1.29, 1.82) is 0 Å². The van der Waals surface area contributed by atoms with Crippen LogP contribution in [0.1, 0.15) is 24.1 Å². The molecular weight excluding hydrogens is 357 g/mol. The molecule has 1 aliphatic rings. The van der Waals surface area contributed by atoms with E-state index in [-0.39, 0.29) is 18.5 Å². The lowest BCUT2D eigenvalue weighted by Crippen LogP contribution is -2.41. The third kappa shape index (κ3) is 5.17. The Labute approximate surface area is 155 Å². The van der Waals surface area contributed by atoms with E-state index in [1.54, 1.807) is 0 Å². The van der Waals surface area contributed by atoms with Crippen LogP contribution >= 0.6 is 0 Å². The highest BCUT2D eigenvalue weighted by Gasteiger charge is 2.41. The second kappa shape index (κ2) is 8.22. The Kier molecular flexibility index (Phi) is 5.96. The first-order valence-corrected chi connectivity index (χ1v) is 9.04. The summed E-state index contributed by atoms with van der Waals surface area (Å²) in [5.74, 6) is -0.780. The molecule has 146 valence electrons. The first-order chi connectivity index (χ1) is 12.8. The lowest BCUT2D eigenvalue weighted by Gasteiger charge is -2.33. The summed E-state index contributed by atoms with van der Waals surface area (Å²) in [6, 6.07) is 8.80. The standard InChI is InChI=1S/C19H23F3N4O/c20-19(21,22)15-2-1-9-26(12-15)11-13-3-5-14(6-4-13)18-24-16(7-8-23)10-17(27)25-18/h3-6,10,15H,1-2,7-9,11-12,23H2,(H,24,25,27). The van der Waals surface area contributed by atoms with Crippen molar-refractivity contribution in [3.63, 3.8) is 0 Å². The van der Waals surface area contributed by atoms with Gasteiger partial charge >= 0.3 is 6.18 Å². The number of hydrogen-bond acceptors (Lipinski definition) is 4. The van der Waals surface area contributed by atoms with Crippen molar-refractivity contribution in [1.82, 2.24) is 14.9 Å². The van der Waals surface area contributed by atoms with Gasteiger partial charge in [0.2, 0.25) is 0 Å². The number of benzene rings is 1. The van der Waals surface area contributed by atoms with Crippen LogP contribution in [0.25, 0.3) is 11.4 Å². The molecule has 1 atom stereocenters. The van der Waals surface area contributed by atoms with E-state index in [9.17, 15) is 18.0 Å². The molecule has 5 nitrogen and oxygen atoms in total. The molecule has 1 aromatic heterocycles. The average molecular weight is 380 g/mol.